The van der Waals surface area contributed by atoms with Crippen molar-refractivity contribution in [1.82, 2.24) is 9.97 Å². The molecule has 1 aromatic heterocycles. The van der Waals surface area contributed by atoms with Crippen molar-refractivity contribution < 1.29 is 0 Å². The molecule has 3 rings (SSSR count). The van der Waals surface area contributed by atoms with Crippen LogP contribution in [0.1, 0.15) is 17.7 Å². The summed E-state index contributed by atoms with van der Waals surface area (Å²) in [4.78, 5) is 10.7. The van der Waals surface area contributed by atoms with Gasteiger partial charge in [0.05, 0.1) is 12.4 Å². The summed E-state index contributed by atoms with van der Waals surface area (Å²) in [5, 5.41) is 7.33. The molecule has 3 N–H and O–H groups in total. The van der Waals surface area contributed by atoms with Crippen molar-refractivity contribution in [3.05, 3.63) is 47.9 Å². The summed E-state index contributed by atoms with van der Waals surface area (Å²) < 4.78 is 0. The number of anilines is 2. The molecule has 0 unspecified atom stereocenters. The minimum absolute atomic E-state index is 0.0573. The first-order valence-corrected chi connectivity index (χ1v) is 6.27. The molecule has 1 aliphatic rings. The third kappa shape index (κ3) is 2.14. The van der Waals surface area contributed by atoms with E-state index in [9.17, 15) is 0 Å². The van der Waals surface area contributed by atoms with Gasteiger partial charge < -0.3 is 10.6 Å². The molecular formula is C14H15N5. The first-order valence-electron chi connectivity index (χ1n) is 6.27. The first kappa shape index (κ1) is 11.6. The van der Waals surface area contributed by atoms with Gasteiger partial charge in [0.2, 0.25) is 0 Å². The number of aryl methyl sites for hydroxylation is 1. The molecule has 0 bridgehead atoms. The van der Waals surface area contributed by atoms with E-state index in [0.717, 1.165) is 25.2 Å². The van der Waals surface area contributed by atoms with E-state index in [1.807, 2.05) is 6.07 Å². The van der Waals surface area contributed by atoms with Gasteiger partial charge in [-0.25, -0.2) is 9.97 Å². The monoisotopic (exact) mass is 253 g/mol. The fraction of sp³-hybridized carbons (Fsp3) is 0.214. The minimum atomic E-state index is -0.0573. The Hall–Kier alpha value is -2.43. The summed E-state index contributed by atoms with van der Waals surface area (Å²) in [5.74, 6) is 0.746. The van der Waals surface area contributed by atoms with Crippen molar-refractivity contribution in [3.63, 3.8) is 0 Å². The van der Waals surface area contributed by atoms with Gasteiger partial charge in [0, 0.05) is 12.2 Å². The Kier molecular flexibility index (Phi) is 2.87. The molecule has 0 radical (unpaired) electrons. The SMILES string of the molecule is N=C(N)c1cnc(N2CCCc3ccccc32)cn1. The molecular weight excluding hydrogens is 238 g/mol. The van der Waals surface area contributed by atoms with Crippen molar-refractivity contribution >= 4 is 17.3 Å². The molecule has 2 aromatic rings. The van der Waals surface area contributed by atoms with E-state index in [4.69, 9.17) is 11.1 Å². The van der Waals surface area contributed by atoms with Crippen LogP contribution in [0.15, 0.2) is 36.7 Å². The lowest BCUT2D eigenvalue weighted by molar-refractivity contribution is 0.758. The van der Waals surface area contributed by atoms with Crippen LogP contribution in [-0.2, 0) is 6.42 Å². The van der Waals surface area contributed by atoms with Crippen LogP contribution in [-0.4, -0.2) is 22.3 Å². The number of nitrogen functional groups attached to an aromatic ring is 1. The molecule has 1 aliphatic heterocycles. The van der Waals surface area contributed by atoms with Crippen LogP contribution in [0.25, 0.3) is 0 Å². The molecule has 2 heterocycles. The fourth-order valence-electron chi connectivity index (χ4n) is 2.37. The van der Waals surface area contributed by atoms with Gasteiger partial charge in [-0.2, -0.15) is 0 Å². The van der Waals surface area contributed by atoms with Gasteiger partial charge in [-0.15, -0.1) is 0 Å². The number of nitrogens with two attached hydrogens (primary N) is 1. The van der Waals surface area contributed by atoms with Crippen molar-refractivity contribution in [1.29, 1.82) is 5.41 Å². The van der Waals surface area contributed by atoms with Gasteiger partial charge in [-0.05, 0) is 24.5 Å². The van der Waals surface area contributed by atoms with Gasteiger partial charge in [0.25, 0.3) is 0 Å². The summed E-state index contributed by atoms with van der Waals surface area (Å²) in [6.07, 6.45) is 5.44. The number of fused-ring (bicyclic) bond motifs is 1. The van der Waals surface area contributed by atoms with E-state index in [-0.39, 0.29) is 5.84 Å². The third-order valence-corrected chi connectivity index (χ3v) is 3.30. The number of rotatable bonds is 2. The third-order valence-electron chi connectivity index (χ3n) is 3.30. The molecule has 0 aliphatic carbocycles. The molecule has 19 heavy (non-hydrogen) atoms. The molecule has 0 amide bonds. The van der Waals surface area contributed by atoms with E-state index in [2.05, 4.69) is 33.1 Å². The summed E-state index contributed by atoms with van der Waals surface area (Å²) >= 11 is 0. The number of amidine groups is 1. The van der Waals surface area contributed by atoms with Crippen LogP contribution in [0.2, 0.25) is 0 Å². The maximum atomic E-state index is 7.33. The molecule has 0 fully saturated rings. The summed E-state index contributed by atoms with van der Waals surface area (Å²) in [6.45, 7) is 0.936. The van der Waals surface area contributed by atoms with Crippen LogP contribution in [0.3, 0.4) is 0 Å². The van der Waals surface area contributed by atoms with Gasteiger partial charge in [0.15, 0.2) is 5.82 Å². The van der Waals surface area contributed by atoms with E-state index >= 15 is 0 Å². The highest BCUT2D eigenvalue weighted by atomic mass is 15.2. The second kappa shape index (κ2) is 4.68. The summed E-state index contributed by atoms with van der Waals surface area (Å²) in [5.41, 5.74) is 8.33. The Morgan fingerprint density at radius 3 is 2.79 bits per heavy atom. The Labute approximate surface area is 111 Å². The average Bonchev–Trinajstić information content (AvgIpc) is 2.47. The highest BCUT2D eigenvalue weighted by molar-refractivity contribution is 5.92. The lowest BCUT2D eigenvalue weighted by Crippen LogP contribution is -2.25. The van der Waals surface area contributed by atoms with Gasteiger partial charge in [-0.1, -0.05) is 18.2 Å². The van der Waals surface area contributed by atoms with Crippen molar-refractivity contribution in [2.45, 2.75) is 12.8 Å². The van der Waals surface area contributed by atoms with Crippen LogP contribution < -0.4 is 10.6 Å². The fourth-order valence-corrected chi connectivity index (χ4v) is 2.37. The molecule has 5 heteroatoms. The molecule has 96 valence electrons. The predicted molar refractivity (Wildman–Crippen MR) is 74.8 cm³/mol. The average molecular weight is 253 g/mol. The van der Waals surface area contributed by atoms with Crippen LogP contribution in [0.4, 0.5) is 11.5 Å². The molecule has 1 aromatic carbocycles. The largest absolute Gasteiger partial charge is 0.382 e. The maximum Gasteiger partial charge on any atom is 0.151 e. The Morgan fingerprint density at radius 1 is 1.21 bits per heavy atom. The zero-order valence-corrected chi connectivity index (χ0v) is 10.5. The van der Waals surface area contributed by atoms with E-state index in [1.165, 1.54) is 11.3 Å². The summed E-state index contributed by atoms with van der Waals surface area (Å²) in [6, 6.07) is 8.36. The predicted octanol–water partition coefficient (Wildman–Crippen LogP) is 1.84. The minimum Gasteiger partial charge on any atom is -0.382 e. The lowest BCUT2D eigenvalue weighted by atomic mass is 10.0. The standard InChI is InChI=1S/C14H15N5/c15-14(16)11-8-18-13(9-17-11)19-7-3-5-10-4-1-2-6-12(10)19/h1-2,4,6,8-9H,3,5,7H2,(H3,15,16). The normalized spacial score (nSPS) is 14.0. The van der Waals surface area contributed by atoms with Crippen LogP contribution in [0, 0.1) is 5.41 Å². The molecule has 0 saturated heterocycles. The zero-order chi connectivity index (χ0) is 13.2. The van der Waals surface area contributed by atoms with Gasteiger partial charge in [-0.3, -0.25) is 5.41 Å². The smallest absolute Gasteiger partial charge is 0.151 e. The van der Waals surface area contributed by atoms with Crippen molar-refractivity contribution in [2.75, 3.05) is 11.4 Å². The van der Waals surface area contributed by atoms with E-state index < -0.39 is 0 Å². The second-order valence-corrected chi connectivity index (χ2v) is 4.56. The Bertz CT molecular complexity index is 605. The Balaban J connectivity index is 1.97. The first-order chi connectivity index (χ1) is 9.25. The second-order valence-electron chi connectivity index (χ2n) is 4.56. The van der Waals surface area contributed by atoms with Crippen LogP contribution >= 0.6 is 0 Å². The number of hydrogen-bond acceptors (Lipinski definition) is 4. The maximum absolute atomic E-state index is 7.33. The molecule has 0 atom stereocenters. The molecule has 5 nitrogen and oxygen atoms in total. The number of nitrogens with zero attached hydrogens (tertiary/aromatic N) is 3. The lowest BCUT2D eigenvalue weighted by Gasteiger charge is -2.30. The van der Waals surface area contributed by atoms with E-state index in [0.29, 0.717) is 5.69 Å². The number of hydrogen-bond donors (Lipinski definition) is 2. The number of para-hydroxylation sites is 1. The zero-order valence-electron chi connectivity index (χ0n) is 10.5. The quantitative estimate of drug-likeness (QED) is 0.632. The van der Waals surface area contributed by atoms with Gasteiger partial charge >= 0.3 is 0 Å². The highest BCUT2D eigenvalue weighted by Crippen LogP contribution is 2.31. The number of nitrogens with one attached hydrogen (secondary N) is 1. The van der Waals surface area contributed by atoms with Crippen molar-refractivity contribution in [2.24, 2.45) is 5.73 Å². The topological polar surface area (TPSA) is 78.9 Å². The number of benzene rings is 1. The van der Waals surface area contributed by atoms with Crippen LogP contribution in [0.5, 0.6) is 0 Å². The van der Waals surface area contributed by atoms with E-state index in [1.54, 1.807) is 12.4 Å². The van der Waals surface area contributed by atoms with Crippen molar-refractivity contribution in [3.8, 4) is 0 Å². The highest BCUT2D eigenvalue weighted by Gasteiger charge is 2.18. The molecule has 0 saturated carbocycles. The van der Waals surface area contributed by atoms with Gasteiger partial charge in [0.1, 0.15) is 11.5 Å². The summed E-state index contributed by atoms with van der Waals surface area (Å²) in [7, 11) is 0. The number of aromatic nitrogens is 2. The Morgan fingerprint density at radius 2 is 2.05 bits per heavy atom. The molecule has 0 spiro atoms.